The summed E-state index contributed by atoms with van der Waals surface area (Å²) in [7, 11) is 0. The highest BCUT2D eigenvalue weighted by molar-refractivity contribution is 7.21. The molecule has 192 valence electrons. The van der Waals surface area contributed by atoms with Gasteiger partial charge < -0.3 is 0 Å². The van der Waals surface area contributed by atoms with Crippen LogP contribution in [0, 0.1) is 0 Å². The van der Waals surface area contributed by atoms with Crippen LogP contribution in [0.1, 0.15) is 0 Å². The van der Waals surface area contributed by atoms with Crippen molar-refractivity contribution in [2.75, 3.05) is 0 Å². The number of thiazole rings is 1. The van der Waals surface area contributed by atoms with Gasteiger partial charge in [-0.3, -0.25) is 0 Å². The van der Waals surface area contributed by atoms with Crippen LogP contribution in [-0.4, -0.2) is 19.9 Å². The first-order chi connectivity index (χ1) is 20.3. The molecule has 0 aliphatic carbocycles. The molecular formula is C36H22N4S. The maximum absolute atomic E-state index is 5.00. The molecule has 41 heavy (non-hydrogen) atoms. The summed E-state index contributed by atoms with van der Waals surface area (Å²) in [6, 6.07) is 45.9. The van der Waals surface area contributed by atoms with Crippen LogP contribution < -0.4 is 0 Å². The van der Waals surface area contributed by atoms with Crippen molar-refractivity contribution in [1.29, 1.82) is 0 Å². The van der Waals surface area contributed by atoms with Crippen LogP contribution in [0.2, 0.25) is 0 Å². The zero-order chi connectivity index (χ0) is 27.2. The fourth-order valence-corrected chi connectivity index (χ4v) is 6.26. The Balaban J connectivity index is 1.24. The van der Waals surface area contributed by atoms with E-state index in [1.165, 1.54) is 21.5 Å². The molecule has 0 saturated carbocycles. The van der Waals surface area contributed by atoms with Crippen molar-refractivity contribution in [2.24, 2.45) is 0 Å². The molecule has 0 fully saturated rings. The monoisotopic (exact) mass is 542 g/mol. The summed E-state index contributed by atoms with van der Waals surface area (Å²) in [6.45, 7) is 0. The van der Waals surface area contributed by atoms with Gasteiger partial charge in [0.1, 0.15) is 5.01 Å². The molecule has 5 heteroatoms. The van der Waals surface area contributed by atoms with Crippen LogP contribution in [0.25, 0.3) is 76.5 Å². The maximum Gasteiger partial charge on any atom is 0.164 e. The molecule has 4 nitrogen and oxygen atoms in total. The molecule has 8 rings (SSSR count). The van der Waals surface area contributed by atoms with Gasteiger partial charge in [0.2, 0.25) is 0 Å². The van der Waals surface area contributed by atoms with Gasteiger partial charge in [0.25, 0.3) is 0 Å². The molecule has 0 saturated heterocycles. The van der Waals surface area contributed by atoms with Gasteiger partial charge in [0.05, 0.1) is 10.2 Å². The quantitative estimate of drug-likeness (QED) is 0.208. The molecule has 0 unspecified atom stereocenters. The Morgan fingerprint density at radius 2 is 0.951 bits per heavy atom. The maximum atomic E-state index is 5.00. The van der Waals surface area contributed by atoms with Crippen molar-refractivity contribution in [2.45, 2.75) is 0 Å². The summed E-state index contributed by atoms with van der Waals surface area (Å²) in [5.41, 5.74) is 4.94. The average Bonchev–Trinajstić information content (AvgIpc) is 3.49. The molecule has 8 aromatic rings. The van der Waals surface area contributed by atoms with Crippen LogP contribution in [0.4, 0.5) is 0 Å². The van der Waals surface area contributed by atoms with Crippen LogP contribution in [-0.2, 0) is 0 Å². The number of benzene rings is 6. The zero-order valence-electron chi connectivity index (χ0n) is 21.9. The molecule has 2 heterocycles. The SMILES string of the molecule is c1ccc(-c2nc(-c3ccccc3)nc(-c3ccc4nc(-c5ccc6ccc7ccccc7c6c5)sc4c3)n2)cc1. The Kier molecular flexibility index (Phi) is 5.61. The smallest absolute Gasteiger partial charge is 0.164 e. The fraction of sp³-hybridized carbons (Fsp3) is 0. The molecule has 2 aromatic heterocycles. The Bertz CT molecular complexity index is 2150. The Morgan fingerprint density at radius 3 is 1.66 bits per heavy atom. The summed E-state index contributed by atoms with van der Waals surface area (Å²) in [5, 5.41) is 5.97. The Morgan fingerprint density at radius 1 is 0.390 bits per heavy atom. The molecule has 0 atom stereocenters. The van der Waals surface area contributed by atoms with E-state index in [-0.39, 0.29) is 0 Å². The number of fused-ring (bicyclic) bond motifs is 4. The number of rotatable bonds is 4. The van der Waals surface area contributed by atoms with E-state index in [2.05, 4.69) is 72.8 Å². The average molecular weight is 543 g/mol. The van der Waals surface area contributed by atoms with Crippen molar-refractivity contribution in [3.63, 3.8) is 0 Å². The number of aromatic nitrogens is 4. The minimum atomic E-state index is 0.645. The summed E-state index contributed by atoms with van der Waals surface area (Å²) in [6.07, 6.45) is 0. The first-order valence-corrected chi connectivity index (χ1v) is 14.3. The van der Waals surface area contributed by atoms with E-state index < -0.39 is 0 Å². The molecular weight excluding hydrogens is 520 g/mol. The van der Waals surface area contributed by atoms with Crippen molar-refractivity contribution < 1.29 is 0 Å². The first-order valence-electron chi connectivity index (χ1n) is 13.5. The molecule has 0 radical (unpaired) electrons. The first kappa shape index (κ1) is 23.6. The summed E-state index contributed by atoms with van der Waals surface area (Å²) in [4.78, 5) is 19.6. The standard InChI is InChI=1S/C36H22N4S/c1-3-10-25(11-4-1)33-38-34(26-12-5-2-6-13-26)40-35(39-33)27-19-20-31-32(22-27)41-36(37-31)28-18-17-24-16-15-23-9-7-8-14-29(23)30(24)21-28/h1-22H. The lowest BCUT2D eigenvalue weighted by Crippen LogP contribution is -1.99. The molecule has 0 aliphatic heterocycles. The van der Waals surface area contributed by atoms with Gasteiger partial charge in [0.15, 0.2) is 17.5 Å². The van der Waals surface area contributed by atoms with Crippen LogP contribution in [0.3, 0.4) is 0 Å². The third kappa shape index (κ3) is 4.33. The zero-order valence-corrected chi connectivity index (χ0v) is 22.7. The minimum Gasteiger partial charge on any atom is -0.236 e. The summed E-state index contributed by atoms with van der Waals surface area (Å²) in [5.74, 6) is 1.96. The van der Waals surface area contributed by atoms with Gasteiger partial charge in [0, 0.05) is 22.3 Å². The van der Waals surface area contributed by atoms with E-state index in [9.17, 15) is 0 Å². The molecule has 0 spiro atoms. The van der Waals surface area contributed by atoms with E-state index in [0.717, 1.165) is 37.5 Å². The van der Waals surface area contributed by atoms with Gasteiger partial charge in [-0.1, -0.05) is 109 Å². The van der Waals surface area contributed by atoms with Crippen LogP contribution >= 0.6 is 11.3 Å². The van der Waals surface area contributed by atoms with E-state index in [0.29, 0.717) is 17.5 Å². The lowest BCUT2D eigenvalue weighted by molar-refractivity contribution is 1.07. The third-order valence-electron chi connectivity index (χ3n) is 7.34. The Labute approximate surface area is 240 Å². The van der Waals surface area contributed by atoms with Crippen molar-refractivity contribution in [3.8, 4) is 44.7 Å². The second-order valence-electron chi connectivity index (χ2n) is 9.96. The lowest BCUT2D eigenvalue weighted by Gasteiger charge is -2.08. The fourth-order valence-electron chi connectivity index (χ4n) is 5.26. The third-order valence-corrected chi connectivity index (χ3v) is 8.41. The van der Waals surface area contributed by atoms with E-state index in [1.807, 2.05) is 60.7 Å². The van der Waals surface area contributed by atoms with E-state index >= 15 is 0 Å². The minimum absolute atomic E-state index is 0.645. The number of hydrogen-bond donors (Lipinski definition) is 0. The highest BCUT2D eigenvalue weighted by Crippen LogP contribution is 2.36. The summed E-state index contributed by atoms with van der Waals surface area (Å²) < 4.78 is 1.10. The van der Waals surface area contributed by atoms with E-state index in [4.69, 9.17) is 19.9 Å². The molecule has 0 amide bonds. The van der Waals surface area contributed by atoms with Gasteiger partial charge in [-0.2, -0.15) is 0 Å². The lowest BCUT2D eigenvalue weighted by atomic mass is 10.0. The van der Waals surface area contributed by atoms with E-state index in [1.54, 1.807) is 11.3 Å². The number of hydrogen-bond acceptors (Lipinski definition) is 5. The van der Waals surface area contributed by atoms with Gasteiger partial charge >= 0.3 is 0 Å². The molecule has 0 N–H and O–H groups in total. The van der Waals surface area contributed by atoms with Crippen molar-refractivity contribution in [1.82, 2.24) is 19.9 Å². The second-order valence-corrected chi connectivity index (χ2v) is 11.0. The largest absolute Gasteiger partial charge is 0.236 e. The van der Waals surface area contributed by atoms with Crippen molar-refractivity contribution in [3.05, 3.63) is 133 Å². The topological polar surface area (TPSA) is 51.6 Å². The Hall–Kier alpha value is -5.26. The normalized spacial score (nSPS) is 11.4. The van der Waals surface area contributed by atoms with Gasteiger partial charge in [-0.25, -0.2) is 19.9 Å². The molecule has 6 aromatic carbocycles. The highest BCUT2D eigenvalue weighted by atomic mass is 32.1. The molecule has 0 aliphatic rings. The van der Waals surface area contributed by atoms with Crippen LogP contribution in [0.15, 0.2) is 133 Å². The van der Waals surface area contributed by atoms with Crippen LogP contribution in [0.5, 0.6) is 0 Å². The summed E-state index contributed by atoms with van der Waals surface area (Å²) >= 11 is 1.69. The second kappa shape index (κ2) is 9.73. The van der Waals surface area contributed by atoms with Crippen molar-refractivity contribution >= 4 is 43.1 Å². The van der Waals surface area contributed by atoms with Gasteiger partial charge in [-0.05, 0) is 45.8 Å². The molecule has 0 bridgehead atoms. The van der Waals surface area contributed by atoms with Gasteiger partial charge in [-0.15, -0.1) is 11.3 Å². The predicted molar refractivity (Wildman–Crippen MR) is 170 cm³/mol. The highest BCUT2D eigenvalue weighted by Gasteiger charge is 2.14. The number of nitrogens with zero attached hydrogens (tertiary/aromatic N) is 4. The predicted octanol–water partition coefficient (Wildman–Crippen LogP) is 9.46.